The number of aliphatic carboxylic acids is 1. The summed E-state index contributed by atoms with van der Waals surface area (Å²) in [5.41, 5.74) is 0.749. The Labute approximate surface area is 115 Å². The maximum atomic E-state index is 12.3. The number of quaternary nitrogens is 1. The summed E-state index contributed by atoms with van der Waals surface area (Å²) in [5.74, 6) is -0.760. The van der Waals surface area contributed by atoms with E-state index < -0.39 is 12.0 Å². The molecule has 0 aromatic heterocycles. The zero-order valence-electron chi connectivity index (χ0n) is 11.0. The van der Waals surface area contributed by atoms with E-state index in [1.807, 2.05) is 13.0 Å². The highest BCUT2D eigenvalue weighted by molar-refractivity contribution is 5.84. The van der Waals surface area contributed by atoms with E-state index in [-0.39, 0.29) is 22.7 Å². The van der Waals surface area contributed by atoms with Crippen molar-refractivity contribution in [3.05, 3.63) is 40.5 Å². The Balaban J connectivity index is 2.00. The summed E-state index contributed by atoms with van der Waals surface area (Å²) in [6, 6.07) is -0.699. The number of nitrogens with one attached hydrogen (secondary N) is 2. The predicted molar refractivity (Wildman–Crippen MR) is 68.0 cm³/mol. The van der Waals surface area contributed by atoms with E-state index in [1.165, 1.54) is 6.08 Å². The number of carbonyl (C=O) groups is 1. The number of carboxylic acids is 1. The molecule has 4 unspecified atom stereocenters. The normalized spacial score (nSPS) is 35.2. The molecule has 108 valence electrons. The van der Waals surface area contributed by atoms with Crippen LogP contribution in [0.4, 0.5) is 0 Å². The van der Waals surface area contributed by atoms with Gasteiger partial charge in [-0.3, -0.25) is 0 Å². The van der Waals surface area contributed by atoms with Gasteiger partial charge in [0.1, 0.15) is 12.6 Å². The highest BCUT2D eigenvalue weighted by Crippen LogP contribution is 2.31. The average molecular weight is 280 g/mol. The van der Waals surface area contributed by atoms with Gasteiger partial charge in [-0.2, -0.15) is 4.89 Å². The van der Waals surface area contributed by atoms with Crippen LogP contribution in [-0.4, -0.2) is 36.3 Å². The Hall–Kier alpha value is -1.67. The zero-order valence-corrected chi connectivity index (χ0v) is 11.0. The van der Waals surface area contributed by atoms with Gasteiger partial charge in [0, 0.05) is 23.8 Å². The van der Waals surface area contributed by atoms with Crippen LogP contribution in [0.3, 0.4) is 0 Å². The molecule has 3 N–H and O–H groups in total. The van der Waals surface area contributed by atoms with E-state index in [0.717, 1.165) is 5.57 Å². The minimum Gasteiger partial charge on any atom is -0.628 e. The number of fused-ring (bicyclic) bond motifs is 2. The van der Waals surface area contributed by atoms with Gasteiger partial charge < -0.3 is 25.6 Å². The Bertz CT molecular complexity index is 525. The first-order chi connectivity index (χ1) is 9.61. The molecule has 1 fully saturated rings. The minimum absolute atomic E-state index is 0.102. The van der Waals surface area contributed by atoms with Gasteiger partial charge in [-0.15, -0.1) is 0 Å². The highest BCUT2D eigenvalue weighted by Gasteiger charge is 2.43. The lowest BCUT2D eigenvalue weighted by molar-refractivity contribution is -0.830. The van der Waals surface area contributed by atoms with E-state index >= 15 is 0 Å². The molecular formula is C13H16N2O5. The second kappa shape index (κ2) is 5.02. The molecule has 2 aliphatic heterocycles. The van der Waals surface area contributed by atoms with Crippen LogP contribution in [-0.2, 0) is 14.6 Å². The SMILES string of the molecule is CCNC1C=C(C(=O)O)[NH+]([O-])C2C=C3OOCC3=CC12. The summed E-state index contributed by atoms with van der Waals surface area (Å²) in [4.78, 5) is 21.1. The molecule has 0 aromatic carbocycles. The number of carboxylic acid groups (broad SMARTS) is 1. The minimum atomic E-state index is -1.19. The first kappa shape index (κ1) is 13.3. The number of hydrogen-bond acceptors (Lipinski definition) is 5. The van der Waals surface area contributed by atoms with Gasteiger partial charge in [-0.05, 0) is 6.54 Å². The summed E-state index contributed by atoms with van der Waals surface area (Å²) >= 11 is 0. The number of hydrogen-bond donors (Lipinski definition) is 3. The number of rotatable bonds is 3. The summed E-state index contributed by atoms with van der Waals surface area (Å²) in [6.45, 7) is 2.99. The predicted octanol–water partition coefficient (Wildman–Crippen LogP) is -0.900. The fraction of sp³-hybridized carbons (Fsp3) is 0.462. The van der Waals surface area contributed by atoms with Gasteiger partial charge in [0.15, 0.2) is 5.76 Å². The molecule has 3 aliphatic rings. The monoisotopic (exact) mass is 280 g/mol. The van der Waals surface area contributed by atoms with Crippen LogP contribution in [0.15, 0.2) is 35.3 Å². The molecule has 4 atom stereocenters. The number of likely N-dealkylation sites (N-methyl/N-ethyl adjacent to an activating group) is 1. The average Bonchev–Trinajstić information content (AvgIpc) is 2.87. The lowest BCUT2D eigenvalue weighted by atomic mass is 9.81. The quantitative estimate of drug-likeness (QED) is 0.458. The Kier molecular flexibility index (Phi) is 3.35. The zero-order chi connectivity index (χ0) is 14.3. The standard InChI is InChI=1S/C13H16N2O5/c1-2-14-9-4-11(13(16)17)15(18)10-5-12-7(3-8(9)10)6-19-20-12/h3-5,8-10,14-15H,2,6H2,1H3,(H,16,17). The summed E-state index contributed by atoms with van der Waals surface area (Å²) in [7, 11) is 0. The Morgan fingerprint density at radius 1 is 1.55 bits per heavy atom. The molecule has 0 spiro atoms. The molecule has 0 radical (unpaired) electrons. The summed E-state index contributed by atoms with van der Waals surface area (Å²) in [5, 5.41) is 24.3. The third-order valence-electron chi connectivity index (χ3n) is 3.82. The van der Waals surface area contributed by atoms with E-state index in [9.17, 15) is 10.0 Å². The number of hydroxylamine groups is 2. The van der Waals surface area contributed by atoms with E-state index in [2.05, 4.69) is 5.32 Å². The van der Waals surface area contributed by atoms with Crippen molar-refractivity contribution in [2.45, 2.75) is 19.0 Å². The van der Waals surface area contributed by atoms with Crippen molar-refractivity contribution >= 4 is 5.97 Å². The molecule has 3 rings (SSSR count). The third-order valence-corrected chi connectivity index (χ3v) is 3.82. The van der Waals surface area contributed by atoms with Gasteiger partial charge in [-0.25, -0.2) is 4.79 Å². The molecule has 20 heavy (non-hydrogen) atoms. The first-order valence-corrected chi connectivity index (χ1v) is 6.57. The Morgan fingerprint density at radius 2 is 2.35 bits per heavy atom. The molecule has 0 bridgehead atoms. The third kappa shape index (κ3) is 2.04. The van der Waals surface area contributed by atoms with Crippen molar-refractivity contribution in [1.29, 1.82) is 0 Å². The van der Waals surface area contributed by atoms with Crippen molar-refractivity contribution in [3.8, 4) is 0 Å². The van der Waals surface area contributed by atoms with Gasteiger partial charge in [0.25, 0.3) is 0 Å². The van der Waals surface area contributed by atoms with E-state index in [4.69, 9.17) is 14.9 Å². The molecule has 7 heteroatoms. The van der Waals surface area contributed by atoms with Gasteiger partial charge >= 0.3 is 5.97 Å². The molecule has 0 aromatic rings. The van der Waals surface area contributed by atoms with Gasteiger partial charge in [-0.1, -0.05) is 13.0 Å². The molecule has 7 nitrogen and oxygen atoms in total. The lowest BCUT2D eigenvalue weighted by Gasteiger charge is -2.41. The van der Waals surface area contributed by atoms with Crippen LogP contribution in [0.5, 0.6) is 0 Å². The fourth-order valence-corrected chi connectivity index (χ4v) is 2.89. The fourth-order valence-electron chi connectivity index (χ4n) is 2.89. The summed E-state index contributed by atoms with van der Waals surface area (Å²) < 4.78 is 0. The first-order valence-electron chi connectivity index (χ1n) is 6.57. The van der Waals surface area contributed by atoms with Crippen molar-refractivity contribution in [2.24, 2.45) is 5.92 Å². The van der Waals surface area contributed by atoms with Crippen molar-refractivity contribution in [3.63, 3.8) is 0 Å². The second-order valence-electron chi connectivity index (χ2n) is 5.00. The maximum Gasteiger partial charge on any atom is 0.390 e. The van der Waals surface area contributed by atoms with Crippen molar-refractivity contribution < 1.29 is 24.7 Å². The second-order valence-corrected chi connectivity index (χ2v) is 5.00. The van der Waals surface area contributed by atoms with E-state index in [0.29, 0.717) is 18.9 Å². The van der Waals surface area contributed by atoms with Gasteiger partial charge in [0.05, 0.1) is 5.92 Å². The Morgan fingerprint density at radius 3 is 3.05 bits per heavy atom. The van der Waals surface area contributed by atoms with Crippen LogP contribution in [0.1, 0.15) is 6.92 Å². The van der Waals surface area contributed by atoms with Crippen LogP contribution in [0, 0.1) is 11.1 Å². The van der Waals surface area contributed by atoms with Crippen LogP contribution in [0.2, 0.25) is 0 Å². The molecule has 2 heterocycles. The van der Waals surface area contributed by atoms with Crippen molar-refractivity contribution in [2.75, 3.05) is 13.2 Å². The van der Waals surface area contributed by atoms with Crippen LogP contribution in [0.25, 0.3) is 0 Å². The van der Waals surface area contributed by atoms with E-state index in [1.54, 1.807) is 6.08 Å². The van der Waals surface area contributed by atoms with Crippen molar-refractivity contribution in [1.82, 2.24) is 5.32 Å². The smallest absolute Gasteiger partial charge is 0.390 e. The highest BCUT2D eigenvalue weighted by atomic mass is 17.2. The topological polar surface area (TPSA) is 95.3 Å². The molecule has 1 saturated heterocycles. The molecule has 0 saturated carbocycles. The molecule has 0 amide bonds. The summed E-state index contributed by atoms with van der Waals surface area (Å²) in [6.07, 6.45) is 5.14. The molecular weight excluding hydrogens is 264 g/mol. The largest absolute Gasteiger partial charge is 0.628 e. The van der Waals surface area contributed by atoms with Crippen LogP contribution < -0.4 is 10.4 Å². The molecule has 1 aliphatic carbocycles. The van der Waals surface area contributed by atoms with Crippen LogP contribution >= 0.6 is 0 Å². The lowest BCUT2D eigenvalue weighted by Crippen LogP contribution is -3.12. The maximum absolute atomic E-state index is 12.3. The van der Waals surface area contributed by atoms with Gasteiger partial charge in [0.2, 0.25) is 5.70 Å².